The van der Waals surface area contributed by atoms with Crippen LogP contribution in [0.15, 0.2) is 42.7 Å². The summed E-state index contributed by atoms with van der Waals surface area (Å²) in [7, 11) is 0. The van der Waals surface area contributed by atoms with Crippen LogP contribution >= 0.6 is 0 Å². The first-order valence-corrected chi connectivity index (χ1v) is 13.0. The lowest BCUT2D eigenvalue weighted by Gasteiger charge is -2.25. The van der Waals surface area contributed by atoms with Gasteiger partial charge in [-0.1, -0.05) is 12.1 Å². The van der Waals surface area contributed by atoms with E-state index in [9.17, 15) is 13.2 Å². The molecular weight excluding hydrogens is 493 g/mol. The van der Waals surface area contributed by atoms with Crippen LogP contribution in [0.1, 0.15) is 48.3 Å². The van der Waals surface area contributed by atoms with Crippen LogP contribution in [0.25, 0.3) is 17.2 Å². The molecule has 1 aliphatic heterocycles. The minimum absolute atomic E-state index is 0.0516. The van der Waals surface area contributed by atoms with Crippen molar-refractivity contribution in [2.45, 2.75) is 57.7 Å². The molecule has 8 nitrogen and oxygen atoms in total. The molecule has 1 unspecified atom stereocenters. The third-order valence-electron chi connectivity index (χ3n) is 7.50. The van der Waals surface area contributed by atoms with Crippen molar-refractivity contribution in [3.05, 3.63) is 65.4 Å². The van der Waals surface area contributed by atoms with Crippen LogP contribution in [0.2, 0.25) is 0 Å². The van der Waals surface area contributed by atoms with E-state index in [1.54, 1.807) is 24.5 Å². The third kappa shape index (κ3) is 4.90. The lowest BCUT2D eigenvalue weighted by molar-refractivity contribution is -0.144. The number of halogens is 3. The molecule has 1 aromatic carbocycles. The number of aromatic amines is 1. The van der Waals surface area contributed by atoms with Gasteiger partial charge >= 0.3 is 6.18 Å². The number of nitrogens with one attached hydrogen (secondary N) is 2. The van der Waals surface area contributed by atoms with Crippen LogP contribution in [0.5, 0.6) is 0 Å². The third-order valence-corrected chi connectivity index (χ3v) is 7.50. The summed E-state index contributed by atoms with van der Waals surface area (Å²) in [6, 6.07) is 11.7. The Balaban J connectivity index is 1.30. The average Bonchev–Trinajstić information content (AvgIpc) is 3.64. The molecule has 0 saturated carbocycles. The number of imidazole rings is 1. The van der Waals surface area contributed by atoms with Crippen LogP contribution < -0.4 is 5.32 Å². The van der Waals surface area contributed by atoms with Crippen molar-refractivity contribution >= 4 is 11.6 Å². The monoisotopic (exact) mass is 522 g/mol. The highest BCUT2D eigenvalue weighted by molar-refractivity contribution is 5.60. The number of alkyl halides is 3. The first-order chi connectivity index (χ1) is 18.3. The average molecular weight is 523 g/mol. The summed E-state index contributed by atoms with van der Waals surface area (Å²) in [5.74, 6) is -1.07. The second kappa shape index (κ2) is 9.86. The Kier molecular flexibility index (Phi) is 6.38. The maximum atomic E-state index is 13.6. The molecule has 38 heavy (non-hydrogen) atoms. The van der Waals surface area contributed by atoms with Gasteiger partial charge in [0.15, 0.2) is 5.82 Å². The zero-order valence-electron chi connectivity index (χ0n) is 21.1. The fraction of sp³-hybridized carbons (Fsp3) is 0.407. The molecule has 0 radical (unpaired) electrons. The van der Waals surface area contributed by atoms with Gasteiger partial charge in [-0.05, 0) is 93.9 Å². The SMILES string of the molecule is Cc1[nH]cnc1-c1cccc(-n2nc(C(F)(F)F)nc2Nc2ccc3c(c2)CCC(N2CCCC2)CC3)n1. The molecule has 1 saturated heterocycles. The lowest BCUT2D eigenvalue weighted by Crippen LogP contribution is -2.32. The summed E-state index contributed by atoms with van der Waals surface area (Å²) >= 11 is 0. The molecule has 4 aromatic rings. The Morgan fingerprint density at radius 1 is 1.00 bits per heavy atom. The molecular formula is C27H29F3N8. The largest absolute Gasteiger partial charge is 0.453 e. The molecule has 2 N–H and O–H groups in total. The number of aromatic nitrogens is 6. The van der Waals surface area contributed by atoms with Gasteiger partial charge in [0, 0.05) is 17.4 Å². The molecule has 3 aromatic heterocycles. The molecule has 2 aliphatic rings. The lowest BCUT2D eigenvalue weighted by atomic mass is 10.0. The van der Waals surface area contributed by atoms with Gasteiger partial charge in [0.1, 0.15) is 5.69 Å². The molecule has 0 bridgehead atoms. The number of benzene rings is 1. The Morgan fingerprint density at radius 3 is 2.53 bits per heavy atom. The fourth-order valence-corrected chi connectivity index (χ4v) is 5.53. The molecule has 198 valence electrons. The summed E-state index contributed by atoms with van der Waals surface area (Å²) in [4.78, 5) is 18.2. The number of rotatable bonds is 5. The maximum Gasteiger partial charge on any atom is 0.453 e. The summed E-state index contributed by atoms with van der Waals surface area (Å²) in [5, 5.41) is 6.85. The predicted octanol–water partition coefficient (Wildman–Crippen LogP) is 5.47. The minimum atomic E-state index is -4.70. The van der Waals surface area contributed by atoms with Crippen LogP contribution in [0.3, 0.4) is 0 Å². The number of hydrogen-bond acceptors (Lipinski definition) is 6. The zero-order chi connectivity index (χ0) is 26.3. The number of anilines is 2. The van der Waals surface area contributed by atoms with Crippen molar-refractivity contribution in [3.63, 3.8) is 0 Å². The number of hydrogen-bond donors (Lipinski definition) is 2. The molecule has 11 heteroatoms. The summed E-state index contributed by atoms with van der Waals surface area (Å²) in [6.07, 6.45) is 3.59. The second-order valence-electron chi connectivity index (χ2n) is 10.0. The minimum Gasteiger partial charge on any atom is -0.348 e. The molecule has 0 spiro atoms. The van der Waals surface area contributed by atoms with Crippen LogP contribution in [0.4, 0.5) is 24.8 Å². The summed E-state index contributed by atoms with van der Waals surface area (Å²) < 4.78 is 42.0. The van der Waals surface area contributed by atoms with Crippen LogP contribution in [-0.2, 0) is 19.0 Å². The van der Waals surface area contributed by atoms with Crippen molar-refractivity contribution < 1.29 is 13.2 Å². The van der Waals surface area contributed by atoms with E-state index in [1.807, 2.05) is 19.1 Å². The van der Waals surface area contributed by atoms with E-state index in [4.69, 9.17) is 0 Å². The van der Waals surface area contributed by atoms with E-state index < -0.39 is 12.0 Å². The fourth-order valence-electron chi connectivity index (χ4n) is 5.53. The number of pyridine rings is 1. The van der Waals surface area contributed by atoms with E-state index in [-0.39, 0.29) is 11.8 Å². The van der Waals surface area contributed by atoms with E-state index in [0.717, 1.165) is 36.1 Å². The number of fused-ring (bicyclic) bond motifs is 1. The summed E-state index contributed by atoms with van der Waals surface area (Å²) in [5.41, 5.74) is 5.15. The zero-order valence-corrected chi connectivity index (χ0v) is 21.1. The van der Waals surface area contributed by atoms with Gasteiger partial charge in [0.05, 0.1) is 12.0 Å². The van der Waals surface area contributed by atoms with E-state index >= 15 is 0 Å². The maximum absolute atomic E-state index is 13.6. The predicted molar refractivity (Wildman–Crippen MR) is 137 cm³/mol. The molecule has 4 heterocycles. The smallest absolute Gasteiger partial charge is 0.348 e. The molecule has 6 rings (SSSR count). The van der Waals surface area contributed by atoms with Gasteiger partial charge in [-0.15, -0.1) is 5.10 Å². The van der Waals surface area contributed by atoms with E-state index in [2.05, 4.69) is 41.3 Å². The quantitative estimate of drug-likeness (QED) is 0.338. The van der Waals surface area contributed by atoms with E-state index in [0.29, 0.717) is 23.1 Å². The number of likely N-dealkylation sites (tertiary alicyclic amines) is 1. The highest BCUT2D eigenvalue weighted by Gasteiger charge is 2.37. The summed E-state index contributed by atoms with van der Waals surface area (Å²) in [6.45, 7) is 4.21. The number of aryl methyl sites for hydroxylation is 3. The Morgan fingerprint density at radius 2 is 1.79 bits per heavy atom. The Labute approximate surface area is 218 Å². The van der Waals surface area contributed by atoms with Crippen LogP contribution in [-0.4, -0.2) is 53.7 Å². The van der Waals surface area contributed by atoms with Crippen molar-refractivity contribution in [2.75, 3.05) is 18.4 Å². The molecule has 0 amide bonds. The van der Waals surface area contributed by atoms with Gasteiger partial charge in [-0.25, -0.2) is 9.97 Å². The van der Waals surface area contributed by atoms with Crippen molar-refractivity contribution in [3.8, 4) is 17.2 Å². The molecule has 1 fully saturated rings. The Hall–Kier alpha value is -3.73. The standard InChI is InChI=1S/C27H29F3N8/c1-17-24(32-16-31-17)22-5-4-6-23(34-22)38-26(35-25(36-38)27(28,29)30)33-20-10-7-18-8-11-21(12-9-19(18)15-20)37-13-2-3-14-37/h4-7,10,15-16,21H,2-3,8-9,11-14H2,1H3,(H,31,32)(H,33,35,36). The Bertz CT molecular complexity index is 1430. The van der Waals surface area contributed by atoms with Crippen molar-refractivity contribution in [1.82, 2.24) is 34.6 Å². The first-order valence-electron chi connectivity index (χ1n) is 13.0. The van der Waals surface area contributed by atoms with Gasteiger partial charge in [-0.2, -0.15) is 22.8 Å². The van der Waals surface area contributed by atoms with Crippen molar-refractivity contribution in [2.24, 2.45) is 0 Å². The number of nitrogens with zero attached hydrogens (tertiary/aromatic N) is 6. The normalized spacial score (nSPS) is 18.4. The molecule has 1 aliphatic carbocycles. The van der Waals surface area contributed by atoms with Gasteiger partial charge in [0.2, 0.25) is 5.95 Å². The van der Waals surface area contributed by atoms with Crippen molar-refractivity contribution in [1.29, 1.82) is 0 Å². The van der Waals surface area contributed by atoms with Crippen LogP contribution in [0, 0.1) is 6.92 Å². The van der Waals surface area contributed by atoms with E-state index in [1.165, 1.54) is 37.1 Å². The van der Waals surface area contributed by atoms with Gasteiger partial charge in [-0.3, -0.25) is 0 Å². The first kappa shape index (κ1) is 24.6. The van der Waals surface area contributed by atoms with Gasteiger partial charge in [0.25, 0.3) is 5.82 Å². The van der Waals surface area contributed by atoms with Gasteiger partial charge < -0.3 is 15.2 Å². The second-order valence-corrected chi connectivity index (χ2v) is 10.0. The highest BCUT2D eigenvalue weighted by atomic mass is 19.4. The topological polar surface area (TPSA) is 87.5 Å². The number of H-pyrrole nitrogens is 1. The highest BCUT2D eigenvalue weighted by Crippen LogP contribution is 2.32. The molecule has 1 atom stereocenters.